The summed E-state index contributed by atoms with van der Waals surface area (Å²) in [6.45, 7) is 0. The van der Waals surface area contributed by atoms with Crippen LogP contribution in [0.15, 0.2) is 126 Å². The van der Waals surface area contributed by atoms with Crippen LogP contribution < -0.4 is 5.01 Å². The van der Waals surface area contributed by atoms with Crippen LogP contribution in [0, 0.1) is 0 Å². The van der Waals surface area contributed by atoms with Crippen molar-refractivity contribution in [2.45, 2.75) is 12.8 Å². The van der Waals surface area contributed by atoms with Gasteiger partial charge in [-0.05, 0) is 47.2 Å². The maximum atomic E-state index is 14.5. The summed E-state index contributed by atoms with van der Waals surface area (Å²) in [4.78, 5) is 14.5. The number of hydrogen-bond donors (Lipinski definition) is 0. The summed E-state index contributed by atoms with van der Waals surface area (Å²) in [6, 6.07) is 39.2. The maximum absolute atomic E-state index is 14.5. The highest BCUT2D eigenvalue weighted by Gasteiger charge is 2.42. The molecule has 4 aromatic rings. The van der Waals surface area contributed by atoms with Crippen molar-refractivity contribution in [2.75, 3.05) is 12.1 Å². The molecule has 0 bridgehead atoms. The van der Waals surface area contributed by atoms with Crippen molar-refractivity contribution in [2.24, 2.45) is 0 Å². The number of benzene rings is 4. The van der Waals surface area contributed by atoms with E-state index in [-0.39, 0.29) is 5.91 Å². The van der Waals surface area contributed by atoms with E-state index in [2.05, 4.69) is 48.5 Å². The topological polar surface area (TPSA) is 23.6 Å². The highest BCUT2D eigenvalue weighted by molar-refractivity contribution is 6.17. The number of rotatable bonds is 4. The lowest BCUT2D eigenvalue weighted by atomic mass is 9.84. The average molecular weight is 455 g/mol. The van der Waals surface area contributed by atoms with Gasteiger partial charge in [0.2, 0.25) is 0 Å². The first-order valence-corrected chi connectivity index (χ1v) is 12.0. The van der Waals surface area contributed by atoms with Crippen LogP contribution in [0.4, 0.5) is 5.69 Å². The first-order chi connectivity index (χ1) is 17.2. The van der Waals surface area contributed by atoms with Crippen molar-refractivity contribution in [3.8, 4) is 0 Å². The first-order valence-electron chi connectivity index (χ1n) is 12.0. The Morgan fingerprint density at radius 3 is 1.86 bits per heavy atom. The number of fused-ring (bicyclic) bond motifs is 2. The molecule has 4 aromatic carbocycles. The molecule has 2 aliphatic rings. The average Bonchev–Trinajstić information content (AvgIpc) is 3.22. The Bertz CT molecular complexity index is 1410. The van der Waals surface area contributed by atoms with Gasteiger partial charge in [0.1, 0.15) is 0 Å². The number of carbonyl (C=O) groups is 1. The molecule has 0 atom stereocenters. The predicted octanol–water partition coefficient (Wildman–Crippen LogP) is 6.74. The Hall–Kier alpha value is -4.37. The van der Waals surface area contributed by atoms with Crippen LogP contribution in [0.2, 0.25) is 0 Å². The summed E-state index contributed by atoms with van der Waals surface area (Å²) in [7, 11) is 1.97. The third-order valence-corrected chi connectivity index (χ3v) is 6.93. The number of hydrogen-bond acceptors (Lipinski definition) is 2. The minimum absolute atomic E-state index is 0.0146. The van der Waals surface area contributed by atoms with Crippen LogP contribution >= 0.6 is 0 Å². The van der Waals surface area contributed by atoms with E-state index in [0.29, 0.717) is 0 Å². The van der Waals surface area contributed by atoms with Gasteiger partial charge in [-0.15, -0.1) is 0 Å². The Morgan fingerprint density at radius 2 is 1.23 bits per heavy atom. The van der Waals surface area contributed by atoms with Gasteiger partial charge >= 0.3 is 0 Å². The van der Waals surface area contributed by atoms with E-state index in [0.717, 1.165) is 57.6 Å². The van der Waals surface area contributed by atoms with Crippen LogP contribution in [0.3, 0.4) is 0 Å². The summed E-state index contributed by atoms with van der Waals surface area (Å²) in [5.41, 5.74) is 9.42. The zero-order valence-corrected chi connectivity index (χ0v) is 19.7. The fourth-order valence-corrected chi connectivity index (χ4v) is 5.30. The molecular weight excluding hydrogens is 428 g/mol. The number of para-hydroxylation sites is 1. The third-order valence-electron chi connectivity index (χ3n) is 6.93. The van der Waals surface area contributed by atoms with E-state index in [1.807, 2.05) is 83.8 Å². The summed E-state index contributed by atoms with van der Waals surface area (Å²) in [5.74, 6) is 0.0146. The van der Waals surface area contributed by atoms with Gasteiger partial charge in [0.25, 0.3) is 5.91 Å². The van der Waals surface area contributed by atoms with E-state index < -0.39 is 0 Å². The van der Waals surface area contributed by atoms with E-state index in [9.17, 15) is 4.79 Å². The van der Waals surface area contributed by atoms with Gasteiger partial charge in [-0.1, -0.05) is 103 Å². The molecule has 0 spiro atoms. The Kier molecular flexibility index (Phi) is 5.31. The Labute approximate surface area is 206 Å². The van der Waals surface area contributed by atoms with E-state index in [1.54, 1.807) is 0 Å². The van der Waals surface area contributed by atoms with E-state index in [1.165, 1.54) is 5.56 Å². The number of amides is 1. The normalized spacial score (nSPS) is 14.6. The highest BCUT2D eigenvalue weighted by atomic mass is 16.2. The van der Waals surface area contributed by atoms with Gasteiger partial charge in [0.05, 0.1) is 17.0 Å². The molecule has 1 aliphatic carbocycles. The lowest BCUT2D eigenvalue weighted by molar-refractivity contribution is -0.123. The second-order valence-corrected chi connectivity index (χ2v) is 8.94. The molecular formula is C32H26N2O. The summed E-state index contributed by atoms with van der Waals surface area (Å²) in [5, 5.41) is 3.87. The van der Waals surface area contributed by atoms with E-state index in [4.69, 9.17) is 0 Å². The van der Waals surface area contributed by atoms with Crippen LogP contribution in [0.1, 0.15) is 28.7 Å². The number of aryl methyl sites for hydroxylation is 1. The fourth-order valence-electron chi connectivity index (χ4n) is 5.30. The van der Waals surface area contributed by atoms with Gasteiger partial charge in [-0.25, -0.2) is 5.01 Å². The van der Waals surface area contributed by atoms with Crippen LogP contribution in [-0.2, 0) is 11.2 Å². The zero-order valence-electron chi connectivity index (χ0n) is 19.7. The van der Waals surface area contributed by atoms with Crippen molar-refractivity contribution in [3.63, 3.8) is 0 Å². The lowest BCUT2D eigenvalue weighted by Crippen LogP contribution is -2.41. The number of nitrogens with zero attached hydrogens (tertiary/aromatic N) is 2. The van der Waals surface area contributed by atoms with Gasteiger partial charge in [0.15, 0.2) is 0 Å². The smallest absolute Gasteiger partial charge is 0.278 e. The van der Waals surface area contributed by atoms with Crippen molar-refractivity contribution in [3.05, 3.63) is 149 Å². The predicted molar refractivity (Wildman–Crippen MR) is 142 cm³/mol. The minimum Gasteiger partial charge on any atom is -0.281 e. The molecule has 0 saturated carbocycles. The standard InChI is InChI=1S/C32H26N2O/c1-33(26-18-9-4-10-19-26)34-31-27-20-12-11-13-23(27)21-22-28(31)30(32(34)35)29(24-14-5-2-6-15-24)25-16-7-3-8-17-25/h2-20H,21-22H2,1H3. The first kappa shape index (κ1) is 21.2. The largest absolute Gasteiger partial charge is 0.281 e. The summed E-state index contributed by atoms with van der Waals surface area (Å²) < 4.78 is 0. The molecule has 0 saturated heterocycles. The minimum atomic E-state index is 0.0146. The molecule has 3 nitrogen and oxygen atoms in total. The van der Waals surface area contributed by atoms with Crippen LogP contribution in [0.5, 0.6) is 0 Å². The molecule has 0 fully saturated rings. The van der Waals surface area contributed by atoms with Crippen molar-refractivity contribution in [1.82, 2.24) is 5.01 Å². The molecule has 0 radical (unpaired) electrons. The second-order valence-electron chi connectivity index (χ2n) is 8.94. The fraction of sp³-hybridized carbons (Fsp3) is 0.0938. The van der Waals surface area contributed by atoms with E-state index >= 15 is 0 Å². The lowest BCUT2D eigenvalue weighted by Gasteiger charge is -2.33. The summed E-state index contributed by atoms with van der Waals surface area (Å²) >= 11 is 0. The summed E-state index contributed by atoms with van der Waals surface area (Å²) in [6.07, 6.45) is 1.75. The number of hydrazine groups is 1. The highest BCUT2D eigenvalue weighted by Crippen LogP contribution is 2.47. The molecule has 0 aromatic heterocycles. The van der Waals surface area contributed by atoms with Crippen LogP contribution in [-0.4, -0.2) is 18.0 Å². The Morgan fingerprint density at radius 1 is 0.686 bits per heavy atom. The molecule has 6 rings (SSSR count). The molecule has 0 N–H and O–H groups in total. The molecule has 3 heteroatoms. The second kappa shape index (κ2) is 8.77. The van der Waals surface area contributed by atoms with Gasteiger partial charge in [-0.2, -0.15) is 0 Å². The molecule has 1 amide bonds. The van der Waals surface area contributed by atoms with Crippen molar-refractivity contribution < 1.29 is 4.79 Å². The zero-order chi connectivity index (χ0) is 23.8. The quantitative estimate of drug-likeness (QED) is 0.319. The molecule has 170 valence electrons. The SMILES string of the molecule is CN(c1ccccc1)N1C(=O)C(=C(c2ccccc2)c2ccccc2)C2=C1c1ccccc1CC2. The van der Waals surface area contributed by atoms with Crippen molar-refractivity contribution in [1.29, 1.82) is 0 Å². The van der Waals surface area contributed by atoms with Gasteiger partial charge < -0.3 is 0 Å². The van der Waals surface area contributed by atoms with Gasteiger partial charge in [-0.3, -0.25) is 9.80 Å². The molecule has 0 unspecified atom stereocenters. The van der Waals surface area contributed by atoms with Crippen LogP contribution in [0.25, 0.3) is 11.3 Å². The number of anilines is 1. The third kappa shape index (κ3) is 3.57. The van der Waals surface area contributed by atoms with Crippen molar-refractivity contribution >= 4 is 22.9 Å². The molecule has 1 aliphatic heterocycles. The Balaban J connectivity index is 1.65. The maximum Gasteiger partial charge on any atom is 0.278 e. The number of carbonyl (C=O) groups excluding carboxylic acids is 1. The monoisotopic (exact) mass is 454 g/mol. The molecule has 35 heavy (non-hydrogen) atoms. The molecule has 1 heterocycles. The van der Waals surface area contributed by atoms with Gasteiger partial charge in [0, 0.05) is 18.2 Å².